The van der Waals surface area contributed by atoms with Gasteiger partial charge in [-0.05, 0) is 38.0 Å². The van der Waals surface area contributed by atoms with Gasteiger partial charge in [0, 0.05) is 0 Å². The molecule has 1 saturated carbocycles. The van der Waals surface area contributed by atoms with Crippen LogP contribution in [0.25, 0.3) is 0 Å². The molecule has 0 aliphatic heterocycles. The molecule has 3 nitrogen and oxygen atoms in total. The Morgan fingerprint density at radius 1 is 1.33 bits per heavy atom. The summed E-state index contributed by atoms with van der Waals surface area (Å²) in [6, 6.07) is 0. The van der Waals surface area contributed by atoms with Gasteiger partial charge in [-0.25, -0.2) is 0 Å². The molecule has 0 amide bonds. The van der Waals surface area contributed by atoms with E-state index in [-0.39, 0.29) is 18.6 Å². The zero-order valence-corrected chi connectivity index (χ0v) is 9.90. The lowest BCUT2D eigenvalue weighted by Crippen LogP contribution is -2.30. The van der Waals surface area contributed by atoms with E-state index in [4.69, 9.17) is 9.84 Å². The van der Waals surface area contributed by atoms with E-state index in [2.05, 4.69) is 13.8 Å². The van der Waals surface area contributed by atoms with Crippen LogP contribution in [-0.2, 0) is 9.53 Å². The Balaban J connectivity index is 2.33. The van der Waals surface area contributed by atoms with Gasteiger partial charge in [0.05, 0.1) is 18.6 Å². The number of aliphatic carboxylic acids is 1. The van der Waals surface area contributed by atoms with Gasteiger partial charge in [-0.3, -0.25) is 4.79 Å². The fourth-order valence-corrected chi connectivity index (χ4v) is 2.61. The van der Waals surface area contributed by atoms with Gasteiger partial charge >= 0.3 is 5.97 Å². The zero-order valence-electron chi connectivity index (χ0n) is 9.90. The van der Waals surface area contributed by atoms with E-state index < -0.39 is 5.97 Å². The molecule has 1 N–H and O–H groups in total. The van der Waals surface area contributed by atoms with Gasteiger partial charge in [0.25, 0.3) is 0 Å². The normalized spacial score (nSPS) is 33.7. The minimum absolute atomic E-state index is 0.110. The number of ether oxygens (including phenoxy) is 1. The van der Waals surface area contributed by atoms with Crippen molar-refractivity contribution in [1.82, 2.24) is 0 Å². The predicted molar refractivity (Wildman–Crippen MR) is 58.8 cm³/mol. The minimum atomic E-state index is -0.778. The molecule has 88 valence electrons. The second-order valence-corrected chi connectivity index (χ2v) is 5.08. The van der Waals surface area contributed by atoms with Crippen LogP contribution in [0.1, 0.15) is 46.5 Å². The number of hydrogen-bond acceptors (Lipinski definition) is 2. The van der Waals surface area contributed by atoms with Crippen LogP contribution in [-0.4, -0.2) is 23.3 Å². The van der Waals surface area contributed by atoms with Crippen molar-refractivity contribution in [2.24, 2.45) is 11.8 Å². The maximum Gasteiger partial charge on any atom is 0.305 e. The van der Waals surface area contributed by atoms with Crippen molar-refractivity contribution in [2.45, 2.75) is 58.7 Å². The summed E-state index contributed by atoms with van der Waals surface area (Å²) in [5.74, 6) is 0.631. The summed E-state index contributed by atoms with van der Waals surface area (Å²) in [5, 5.41) is 8.64. The Morgan fingerprint density at radius 2 is 1.87 bits per heavy atom. The topological polar surface area (TPSA) is 46.5 Å². The highest BCUT2D eigenvalue weighted by Gasteiger charge is 2.26. The Kier molecular flexibility index (Phi) is 4.58. The fraction of sp³-hybridized carbons (Fsp3) is 0.917. The van der Waals surface area contributed by atoms with Gasteiger partial charge in [0.1, 0.15) is 0 Å². The molecule has 0 bridgehead atoms. The summed E-state index contributed by atoms with van der Waals surface area (Å²) in [6.07, 6.45) is 3.64. The second kappa shape index (κ2) is 5.50. The summed E-state index contributed by atoms with van der Waals surface area (Å²) in [4.78, 5) is 10.5. The van der Waals surface area contributed by atoms with E-state index in [0.29, 0.717) is 11.8 Å². The maximum atomic E-state index is 10.5. The van der Waals surface area contributed by atoms with Crippen molar-refractivity contribution < 1.29 is 14.6 Å². The molecule has 0 saturated heterocycles. The van der Waals surface area contributed by atoms with Crippen molar-refractivity contribution >= 4 is 5.97 Å². The smallest absolute Gasteiger partial charge is 0.305 e. The van der Waals surface area contributed by atoms with E-state index in [1.807, 2.05) is 6.92 Å². The lowest BCUT2D eigenvalue weighted by molar-refractivity contribution is -0.141. The van der Waals surface area contributed by atoms with Gasteiger partial charge in [-0.15, -0.1) is 0 Å². The van der Waals surface area contributed by atoms with E-state index in [0.717, 1.165) is 12.8 Å². The van der Waals surface area contributed by atoms with Gasteiger partial charge in [-0.1, -0.05) is 13.8 Å². The Bertz CT molecular complexity index is 205. The van der Waals surface area contributed by atoms with Crippen molar-refractivity contribution in [1.29, 1.82) is 0 Å². The monoisotopic (exact) mass is 214 g/mol. The first-order valence-corrected chi connectivity index (χ1v) is 5.84. The predicted octanol–water partition coefficient (Wildman–Crippen LogP) is 2.69. The molecular formula is C12H22O3. The summed E-state index contributed by atoms with van der Waals surface area (Å²) in [5.41, 5.74) is 0. The van der Waals surface area contributed by atoms with Crippen LogP contribution >= 0.6 is 0 Å². The first-order valence-electron chi connectivity index (χ1n) is 5.84. The van der Waals surface area contributed by atoms with Crippen LogP contribution in [0.2, 0.25) is 0 Å². The number of hydrogen-bond donors (Lipinski definition) is 1. The maximum absolute atomic E-state index is 10.5. The molecule has 1 rings (SSSR count). The fourth-order valence-electron chi connectivity index (χ4n) is 2.61. The van der Waals surface area contributed by atoms with Crippen molar-refractivity contribution in [3.8, 4) is 0 Å². The molecular weight excluding hydrogens is 192 g/mol. The average molecular weight is 214 g/mol. The van der Waals surface area contributed by atoms with E-state index in [1.54, 1.807) is 0 Å². The molecule has 0 aromatic carbocycles. The zero-order chi connectivity index (χ0) is 11.4. The van der Waals surface area contributed by atoms with Gasteiger partial charge in [0.2, 0.25) is 0 Å². The standard InChI is InChI=1S/C12H22O3/c1-8-4-9(2)6-11(5-8)15-10(3)7-12(13)14/h8-11H,4-7H2,1-3H3,(H,13,14)/t8?,9?,10-,11?/m0/s1. The van der Waals surface area contributed by atoms with Crippen LogP contribution in [0, 0.1) is 11.8 Å². The van der Waals surface area contributed by atoms with Gasteiger partial charge < -0.3 is 9.84 Å². The van der Waals surface area contributed by atoms with Crippen LogP contribution in [0.15, 0.2) is 0 Å². The van der Waals surface area contributed by atoms with Crippen molar-refractivity contribution in [2.75, 3.05) is 0 Å². The van der Waals surface area contributed by atoms with E-state index in [9.17, 15) is 4.79 Å². The van der Waals surface area contributed by atoms with E-state index >= 15 is 0 Å². The Morgan fingerprint density at radius 3 is 2.33 bits per heavy atom. The van der Waals surface area contributed by atoms with Crippen LogP contribution in [0.3, 0.4) is 0 Å². The van der Waals surface area contributed by atoms with Gasteiger partial charge in [0.15, 0.2) is 0 Å². The summed E-state index contributed by atoms with van der Waals surface area (Å²) in [7, 11) is 0. The Hall–Kier alpha value is -0.570. The first-order chi connectivity index (χ1) is 6.97. The van der Waals surface area contributed by atoms with Crippen molar-refractivity contribution in [3.63, 3.8) is 0 Å². The highest BCUT2D eigenvalue weighted by atomic mass is 16.5. The molecule has 0 spiro atoms. The highest BCUT2D eigenvalue weighted by molar-refractivity contribution is 5.67. The molecule has 0 aromatic heterocycles. The SMILES string of the molecule is CC1CC(C)CC(O[C@@H](C)CC(=O)O)C1. The van der Waals surface area contributed by atoms with Crippen LogP contribution in [0.4, 0.5) is 0 Å². The summed E-state index contributed by atoms with van der Waals surface area (Å²) < 4.78 is 5.76. The lowest BCUT2D eigenvalue weighted by atomic mass is 9.82. The third-order valence-electron chi connectivity index (χ3n) is 3.02. The second-order valence-electron chi connectivity index (χ2n) is 5.08. The molecule has 0 heterocycles. The molecule has 0 radical (unpaired) electrons. The quantitative estimate of drug-likeness (QED) is 0.782. The molecule has 2 unspecified atom stereocenters. The van der Waals surface area contributed by atoms with Crippen LogP contribution < -0.4 is 0 Å². The van der Waals surface area contributed by atoms with E-state index in [1.165, 1.54) is 6.42 Å². The summed E-state index contributed by atoms with van der Waals surface area (Å²) >= 11 is 0. The number of carboxylic acid groups (broad SMARTS) is 1. The molecule has 3 atom stereocenters. The largest absolute Gasteiger partial charge is 0.481 e. The molecule has 1 aliphatic rings. The Labute approximate surface area is 91.8 Å². The molecule has 0 aromatic rings. The summed E-state index contributed by atoms with van der Waals surface area (Å²) in [6.45, 7) is 6.33. The highest BCUT2D eigenvalue weighted by Crippen LogP contribution is 2.31. The third kappa shape index (κ3) is 4.65. The third-order valence-corrected chi connectivity index (χ3v) is 3.02. The molecule has 3 heteroatoms. The van der Waals surface area contributed by atoms with Crippen LogP contribution in [0.5, 0.6) is 0 Å². The lowest BCUT2D eigenvalue weighted by Gasteiger charge is -2.32. The minimum Gasteiger partial charge on any atom is -0.481 e. The molecule has 1 fully saturated rings. The molecule has 15 heavy (non-hydrogen) atoms. The first kappa shape index (κ1) is 12.5. The van der Waals surface area contributed by atoms with Gasteiger partial charge in [-0.2, -0.15) is 0 Å². The number of rotatable bonds is 4. The number of carboxylic acids is 1. The average Bonchev–Trinajstić information content (AvgIpc) is 1.98. The molecule has 1 aliphatic carbocycles. The van der Waals surface area contributed by atoms with Crippen molar-refractivity contribution in [3.05, 3.63) is 0 Å². The number of carbonyl (C=O) groups is 1.